The van der Waals surface area contributed by atoms with Gasteiger partial charge in [-0.2, -0.15) is 5.26 Å². The number of benzene rings is 1. The second-order valence-corrected chi connectivity index (χ2v) is 5.05. The average Bonchev–Trinajstić information content (AvgIpc) is 2.67. The summed E-state index contributed by atoms with van der Waals surface area (Å²) in [6.45, 7) is 0. The molecule has 0 aliphatic rings. The third-order valence-corrected chi connectivity index (χ3v) is 3.64. The van der Waals surface area contributed by atoms with E-state index in [4.69, 9.17) is 9.47 Å². The van der Waals surface area contributed by atoms with E-state index in [-0.39, 0.29) is 0 Å². The molecule has 0 saturated carbocycles. The van der Waals surface area contributed by atoms with Crippen LogP contribution in [0.3, 0.4) is 0 Å². The fraction of sp³-hybridized carbons (Fsp3) is 0.105. The van der Waals surface area contributed by atoms with E-state index >= 15 is 0 Å². The Morgan fingerprint density at radius 1 is 0.875 bits per heavy atom. The van der Waals surface area contributed by atoms with Crippen molar-refractivity contribution in [2.24, 2.45) is 0 Å². The summed E-state index contributed by atoms with van der Waals surface area (Å²) in [4.78, 5) is 8.69. The first-order valence-corrected chi connectivity index (χ1v) is 7.30. The molecule has 0 unspecified atom stereocenters. The van der Waals surface area contributed by atoms with Crippen molar-refractivity contribution in [3.05, 3.63) is 60.4 Å². The van der Waals surface area contributed by atoms with Gasteiger partial charge in [-0.25, -0.2) is 4.98 Å². The molecule has 0 N–H and O–H groups in total. The maximum Gasteiger partial charge on any atom is 0.212 e. The molecule has 5 heteroatoms. The van der Waals surface area contributed by atoms with Crippen molar-refractivity contribution >= 4 is 0 Å². The Morgan fingerprint density at radius 2 is 1.62 bits per heavy atom. The van der Waals surface area contributed by atoms with Crippen LogP contribution in [0.4, 0.5) is 0 Å². The molecule has 0 fully saturated rings. The third-order valence-electron chi connectivity index (χ3n) is 3.64. The Balaban J connectivity index is 2.13. The second kappa shape index (κ2) is 6.80. The zero-order valence-electron chi connectivity index (χ0n) is 13.4. The number of hydrogen-bond donors (Lipinski definition) is 0. The molecule has 2 aromatic heterocycles. The van der Waals surface area contributed by atoms with Crippen LogP contribution in [0.1, 0.15) is 5.56 Å². The lowest BCUT2D eigenvalue weighted by Crippen LogP contribution is -1.93. The van der Waals surface area contributed by atoms with E-state index in [0.717, 1.165) is 28.1 Å². The number of nitriles is 1. The van der Waals surface area contributed by atoms with Crippen molar-refractivity contribution in [2.45, 2.75) is 0 Å². The molecular weight excluding hydrogens is 302 g/mol. The Hall–Kier alpha value is -3.39. The number of aromatic nitrogens is 2. The van der Waals surface area contributed by atoms with Gasteiger partial charge in [0.05, 0.1) is 25.5 Å². The Bertz CT molecular complexity index is 882. The molecule has 0 amide bonds. The van der Waals surface area contributed by atoms with Gasteiger partial charge in [0.25, 0.3) is 0 Å². The fourth-order valence-electron chi connectivity index (χ4n) is 2.39. The third kappa shape index (κ3) is 3.03. The van der Waals surface area contributed by atoms with Crippen LogP contribution in [0.2, 0.25) is 0 Å². The minimum atomic E-state index is 0.506. The Morgan fingerprint density at radius 3 is 2.21 bits per heavy atom. The van der Waals surface area contributed by atoms with Gasteiger partial charge in [0.2, 0.25) is 5.88 Å². The average molecular weight is 317 g/mol. The van der Waals surface area contributed by atoms with Gasteiger partial charge >= 0.3 is 0 Å². The van der Waals surface area contributed by atoms with Crippen LogP contribution >= 0.6 is 0 Å². The zero-order chi connectivity index (χ0) is 16.9. The molecule has 0 saturated heterocycles. The number of hydrogen-bond acceptors (Lipinski definition) is 5. The predicted molar refractivity (Wildman–Crippen MR) is 90.7 cm³/mol. The van der Waals surface area contributed by atoms with Crippen LogP contribution < -0.4 is 9.47 Å². The van der Waals surface area contributed by atoms with Gasteiger partial charge in [0.1, 0.15) is 11.8 Å². The summed E-state index contributed by atoms with van der Waals surface area (Å²) in [5.41, 5.74) is 3.93. The summed E-state index contributed by atoms with van der Waals surface area (Å²) in [6, 6.07) is 15.3. The van der Waals surface area contributed by atoms with Crippen molar-refractivity contribution in [3.8, 4) is 40.1 Å². The molecule has 0 spiro atoms. The zero-order valence-corrected chi connectivity index (χ0v) is 13.4. The van der Waals surface area contributed by atoms with Crippen LogP contribution in [0, 0.1) is 11.3 Å². The number of pyridine rings is 2. The Labute approximate surface area is 140 Å². The first-order chi connectivity index (χ1) is 11.7. The summed E-state index contributed by atoms with van der Waals surface area (Å²) < 4.78 is 10.3. The Kier molecular flexibility index (Phi) is 4.39. The van der Waals surface area contributed by atoms with E-state index in [0.29, 0.717) is 11.4 Å². The molecule has 2 heterocycles. The van der Waals surface area contributed by atoms with Crippen LogP contribution in [-0.4, -0.2) is 24.2 Å². The van der Waals surface area contributed by atoms with E-state index in [2.05, 4.69) is 16.0 Å². The molecule has 0 aliphatic heterocycles. The van der Waals surface area contributed by atoms with E-state index in [9.17, 15) is 5.26 Å². The molecule has 0 radical (unpaired) electrons. The van der Waals surface area contributed by atoms with Crippen molar-refractivity contribution in [3.63, 3.8) is 0 Å². The highest BCUT2D eigenvalue weighted by molar-refractivity contribution is 5.81. The van der Waals surface area contributed by atoms with Gasteiger partial charge in [-0.1, -0.05) is 12.1 Å². The van der Waals surface area contributed by atoms with Crippen molar-refractivity contribution in [1.82, 2.24) is 9.97 Å². The monoisotopic (exact) mass is 317 g/mol. The number of rotatable bonds is 4. The molecular formula is C19H15N3O2. The lowest BCUT2D eigenvalue weighted by atomic mass is 9.99. The summed E-state index contributed by atoms with van der Waals surface area (Å²) in [6.07, 6.45) is 3.27. The van der Waals surface area contributed by atoms with Crippen LogP contribution in [0.25, 0.3) is 22.4 Å². The van der Waals surface area contributed by atoms with E-state index in [1.165, 1.54) is 0 Å². The lowest BCUT2D eigenvalue weighted by Gasteiger charge is -2.10. The second-order valence-electron chi connectivity index (χ2n) is 5.05. The minimum Gasteiger partial charge on any atom is -0.497 e. The SMILES string of the molecule is COc1ccc(-c2cc(C#N)cnc2-c2ccc(OC)nc2)cc1. The first kappa shape index (κ1) is 15.5. The van der Waals surface area contributed by atoms with Crippen LogP contribution in [0.5, 0.6) is 11.6 Å². The maximum atomic E-state index is 9.18. The summed E-state index contributed by atoms with van der Waals surface area (Å²) >= 11 is 0. The van der Waals surface area contributed by atoms with E-state index in [1.54, 1.807) is 32.7 Å². The molecule has 24 heavy (non-hydrogen) atoms. The highest BCUT2D eigenvalue weighted by Crippen LogP contribution is 2.32. The van der Waals surface area contributed by atoms with Gasteiger partial charge in [-0.05, 0) is 29.8 Å². The topological polar surface area (TPSA) is 68.0 Å². The highest BCUT2D eigenvalue weighted by atomic mass is 16.5. The predicted octanol–water partition coefficient (Wildman–Crippen LogP) is 3.70. The summed E-state index contributed by atoms with van der Waals surface area (Å²) in [7, 11) is 3.20. The standard InChI is InChI=1S/C19H15N3O2/c1-23-16-6-3-14(4-7-16)17-9-13(10-20)11-22-19(17)15-5-8-18(24-2)21-12-15/h3-9,11-12H,1-2H3. The maximum absolute atomic E-state index is 9.18. The molecule has 3 rings (SSSR count). The van der Waals surface area contributed by atoms with Crippen LogP contribution in [0.15, 0.2) is 54.9 Å². The quantitative estimate of drug-likeness (QED) is 0.734. The van der Waals surface area contributed by atoms with Gasteiger partial charge in [-0.15, -0.1) is 0 Å². The van der Waals surface area contributed by atoms with Crippen LogP contribution in [-0.2, 0) is 0 Å². The van der Waals surface area contributed by atoms with Crippen molar-refractivity contribution in [2.75, 3.05) is 14.2 Å². The van der Waals surface area contributed by atoms with Gasteiger partial charge in [-0.3, -0.25) is 4.98 Å². The largest absolute Gasteiger partial charge is 0.497 e. The lowest BCUT2D eigenvalue weighted by molar-refractivity contribution is 0.398. The molecule has 3 aromatic rings. The molecule has 1 aromatic carbocycles. The number of methoxy groups -OCH3 is 2. The van der Waals surface area contributed by atoms with Gasteiger partial charge in [0, 0.05) is 29.6 Å². The van der Waals surface area contributed by atoms with E-state index < -0.39 is 0 Å². The van der Waals surface area contributed by atoms with Gasteiger partial charge in [0.15, 0.2) is 0 Å². The normalized spacial score (nSPS) is 10.0. The van der Waals surface area contributed by atoms with Gasteiger partial charge < -0.3 is 9.47 Å². The fourth-order valence-corrected chi connectivity index (χ4v) is 2.39. The summed E-state index contributed by atoms with van der Waals surface area (Å²) in [5.74, 6) is 1.31. The summed E-state index contributed by atoms with van der Waals surface area (Å²) in [5, 5.41) is 9.18. The highest BCUT2D eigenvalue weighted by Gasteiger charge is 2.11. The van der Waals surface area contributed by atoms with Crippen molar-refractivity contribution in [1.29, 1.82) is 5.26 Å². The number of ether oxygens (including phenoxy) is 2. The molecule has 5 nitrogen and oxygen atoms in total. The molecule has 0 atom stereocenters. The molecule has 118 valence electrons. The molecule has 0 aliphatic carbocycles. The van der Waals surface area contributed by atoms with Crippen molar-refractivity contribution < 1.29 is 9.47 Å². The smallest absolute Gasteiger partial charge is 0.212 e. The molecule has 0 bridgehead atoms. The number of nitrogens with zero attached hydrogens (tertiary/aromatic N) is 3. The first-order valence-electron chi connectivity index (χ1n) is 7.30. The van der Waals surface area contributed by atoms with E-state index in [1.807, 2.05) is 36.4 Å². The minimum absolute atomic E-state index is 0.506.